The molecule has 1 aromatic rings. The molecule has 1 unspecified atom stereocenters. The molecule has 1 saturated heterocycles. The highest BCUT2D eigenvalue weighted by Gasteiger charge is 2.31. The molecule has 1 aliphatic rings. The van der Waals surface area contributed by atoms with E-state index in [1.54, 1.807) is 21.0 Å². The van der Waals surface area contributed by atoms with E-state index in [2.05, 4.69) is 0 Å². The number of rotatable bonds is 9. The number of aliphatic hydroxyl groups is 1. The maximum atomic E-state index is 10.1. The van der Waals surface area contributed by atoms with Crippen LogP contribution in [-0.4, -0.2) is 42.8 Å². The summed E-state index contributed by atoms with van der Waals surface area (Å²) in [6.07, 6.45) is 1.19. The molecule has 0 amide bonds. The lowest BCUT2D eigenvalue weighted by Crippen LogP contribution is -2.39. The number of hydrogen-bond acceptors (Lipinski definition) is 6. The molecule has 1 aromatic carbocycles. The summed E-state index contributed by atoms with van der Waals surface area (Å²) < 4.78 is 28.4. The van der Waals surface area contributed by atoms with Gasteiger partial charge in [0.05, 0.1) is 6.61 Å². The maximum Gasteiger partial charge on any atom is 0.204 e. The molecule has 0 radical (unpaired) electrons. The van der Waals surface area contributed by atoms with Crippen molar-refractivity contribution in [2.45, 2.75) is 64.7 Å². The summed E-state index contributed by atoms with van der Waals surface area (Å²) >= 11 is 0. The van der Waals surface area contributed by atoms with Gasteiger partial charge in [-0.1, -0.05) is 30.3 Å². The van der Waals surface area contributed by atoms with E-state index in [0.29, 0.717) is 19.6 Å². The number of methoxy groups -OCH3 is 1. The van der Waals surface area contributed by atoms with Gasteiger partial charge in [0.1, 0.15) is 18.5 Å². The highest BCUT2D eigenvalue weighted by Crippen LogP contribution is 2.26. The van der Waals surface area contributed by atoms with Gasteiger partial charge in [-0.15, -0.1) is 0 Å². The van der Waals surface area contributed by atoms with E-state index in [0.717, 1.165) is 11.3 Å². The summed E-state index contributed by atoms with van der Waals surface area (Å²) in [4.78, 5) is 0. The Bertz CT molecular complexity index is 576. The average Bonchev–Trinajstić information content (AvgIpc) is 2.91. The third kappa shape index (κ3) is 7.05. The molecule has 146 valence electrons. The Kier molecular flexibility index (Phi) is 7.20. The van der Waals surface area contributed by atoms with Crippen molar-refractivity contribution in [3.8, 4) is 0 Å². The summed E-state index contributed by atoms with van der Waals surface area (Å²) in [5.41, 5.74) is 1.03. The summed E-state index contributed by atoms with van der Waals surface area (Å²) in [6.45, 7) is 7.67. The first kappa shape index (κ1) is 20.9. The molecule has 1 heterocycles. The van der Waals surface area contributed by atoms with E-state index < -0.39 is 24.0 Å². The summed E-state index contributed by atoms with van der Waals surface area (Å²) in [5.74, 6) is -1.21. The summed E-state index contributed by atoms with van der Waals surface area (Å²) in [5, 5.41) is 10.1. The van der Waals surface area contributed by atoms with E-state index in [9.17, 15) is 5.11 Å². The fraction of sp³-hybridized carbons (Fsp3) is 0.600. The van der Waals surface area contributed by atoms with Crippen LogP contribution in [0.15, 0.2) is 42.2 Å². The van der Waals surface area contributed by atoms with Crippen molar-refractivity contribution in [2.24, 2.45) is 0 Å². The average molecular weight is 366 g/mol. The van der Waals surface area contributed by atoms with Crippen LogP contribution >= 0.6 is 0 Å². The van der Waals surface area contributed by atoms with Crippen LogP contribution in [0, 0.1) is 0 Å². The zero-order valence-electron chi connectivity index (χ0n) is 16.2. The zero-order valence-corrected chi connectivity index (χ0v) is 16.2. The number of benzene rings is 1. The van der Waals surface area contributed by atoms with Gasteiger partial charge in [0.15, 0.2) is 12.1 Å². The van der Waals surface area contributed by atoms with Crippen LogP contribution in [0.1, 0.15) is 39.7 Å². The van der Waals surface area contributed by atoms with Gasteiger partial charge in [-0.3, -0.25) is 0 Å². The molecule has 6 nitrogen and oxygen atoms in total. The van der Waals surface area contributed by atoms with Crippen molar-refractivity contribution in [3.05, 3.63) is 47.7 Å². The first-order valence-corrected chi connectivity index (χ1v) is 8.79. The van der Waals surface area contributed by atoms with Crippen molar-refractivity contribution >= 4 is 0 Å². The van der Waals surface area contributed by atoms with Crippen LogP contribution in [0.3, 0.4) is 0 Å². The van der Waals surface area contributed by atoms with Gasteiger partial charge in [-0.05, 0) is 25.5 Å². The molecular formula is C20H30O6. The Hall–Kier alpha value is -1.44. The second-order valence-corrected chi connectivity index (χ2v) is 7.20. The van der Waals surface area contributed by atoms with Crippen LogP contribution in [0.4, 0.5) is 0 Å². The molecular weight excluding hydrogens is 336 g/mol. The minimum absolute atomic E-state index is 0.383. The largest absolute Gasteiger partial charge is 0.465 e. The SMILES string of the molecule is CO[C@H](OCc1ccccc1)C(C/C=C1\COC(C)(C)O1)OC(C)(C)O. The van der Waals surface area contributed by atoms with Gasteiger partial charge in [-0.25, -0.2) is 0 Å². The Morgan fingerprint density at radius 2 is 1.96 bits per heavy atom. The molecule has 1 N–H and O–H groups in total. The molecule has 0 bridgehead atoms. The molecule has 0 spiro atoms. The molecule has 6 heteroatoms. The molecule has 0 saturated carbocycles. The number of ether oxygens (including phenoxy) is 5. The quantitative estimate of drug-likeness (QED) is 0.676. The first-order valence-electron chi connectivity index (χ1n) is 8.79. The lowest BCUT2D eigenvalue weighted by Gasteiger charge is -2.31. The summed E-state index contributed by atoms with van der Waals surface area (Å²) in [7, 11) is 1.56. The predicted octanol–water partition coefficient (Wildman–Crippen LogP) is 3.35. The normalized spacial score (nSPS) is 20.8. The van der Waals surface area contributed by atoms with E-state index in [1.807, 2.05) is 50.3 Å². The van der Waals surface area contributed by atoms with E-state index in [1.165, 1.54) is 0 Å². The Balaban J connectivity index is 2.02. The van der Waals surface area contributed by atoms with Gasteiger partial charge in [0.2, 0.25) is 5.79 Å². The molecule has 26 heavy (non-hydrogen) atoms. The lowest BCUT2D eigenvalue weighted by molar-refractivity contribution is -0.272. The second kappa shape index (κ2) is 8.97. The van der Waals surface area contributed by atoms with Crippen molar-refractivity contribution in [2.75, 3.05) is 13.7 Å². The fourth-order valence-corrected chi connectivity index (χ4v) is 2.63. The van der Waals surface area contributed by atoms with Gasteiger partial charge >= 0.3 is 0 Å². The highest BCUT2D eigenvalue weighted by atomic mass is 16.7. The highest BCUT2D eigenvalue weighted by molar-refractivity contribution is 5.13. The van der Waals surface area contributed by atoms with Crippen LogP contribution in [0.2, 0.25) is 0 Å². The zero-order chi connectivity index (χ0) is 19.2. The third-order valence-electron chi connectivity index (χ3n) is 3.75. The van der Waals surface area contributed by atoms with Crippen LogP contribution < -0.4 is 0 Å². The molecule has 0 aromatic heterocycles. The van der Waals surface area contributed by atoms with Crippen molar-refractivity contribution in [3.63, 3.8) is 0 Å². The molecule has 1 fully saturated rings. The van der Waals surface area contributed by atoms with E-state index >= 15 is 0 Å². The minimum atomic E-state index is -1.32. The topological polar surface area (TPSA) is 66.4 Å². The van der Waals surface area contributed by atoms with Crippen LogP contribution in [-0.2, 0) is 30.3 Å². The molecule has 2 atom stereocenters. The standard InChI is InChI=1S/C20H30O6/c1-19(2,21)26-17(12-11-16-14-24-20(3,4)25-16)18(22-5)23-13-15-9-7-6-8-10-15/h6-11,17-18,21H,12-14H2,1-5H3/b16-11+/t17?,18-/m1/s1. The molecule has 0 aliphatic carbocycles. The molecule has 2 rings (SSSR count). The maximum absolute atomic E-state index is 10.1. The first-order chi connectivity index (χ1) is 12.2. The second-order valence-electron chi connectivity index (χ2n) is 7.20. The van der Waals surface area contributed by atoms with Gasteiger partial charge < -0.3 is 28.8 Å². The van der Waals surface area contributed by atoms with Gasteiger partial charge in [0, 0.05) is 27.4 Å². The van der Waals surface area contributed by atoms with Gasteiger partial charge in [0.25, 0.3) is 0 Å². The van der Waals surface area contributed by atoms with E-state index in [-0.39, 0.29) is 0 Å². The summed E-state index contributed by atoms with van der Waals surface area (Å²) in [6, 6.07) is 9.82. The fourth-order valence-electron chi connectivity index (χ4n) is 2.63. The van der Waals surface area contributed by atoms with Gasteiger partial charge in [-0.2, -0.15) is 0 Å². The predicted molar refractivity (Wildman–Crippen MR) is 97.0 cm³/mol. The lowest BCUT2D eigenvalue weighted by atomic mass is 10.2. The Labute approximate surface area is 155 Å². The molecule has 1 aliphatic heterocycles. The van der Waals surface area contributed by atoms with E-state index in [4.69, 9.17) is 23.7 Å². The third-order valence-corrected chi connectivity index (χ3v) is 3.75. The Morgan fingerprint density at radius 3 is 2.50 bits per heavy atom. The van der Waals surface area contributed by atoms with Crippen LogP contribution in [0.25, 0.3) is 0 Å². The van der Waals surface area contributed by atoms with Crippen molar-refractivity contribution in [1.29, 1.82) is 0 Å². The van der Waals surface area contributed by atoms with Crippen molar-refractivity contribution in [1.82, 2.24) is 0 Å². The number of hydrogen-bond donors (Lipinski definition) is 1. The smallest absolute Gasteiger partial charge is 0.204 e. The van der Waals surface area contributed by atoms with Crippen LogP contribution in [0.5, 0.6) is 0 Å². The minimum Gasteiger partial charge on any atom is -0.465 e. The monoisotopic (exact) mass is 366 g/mol. The Morgan fingerprint density at radius 1 is 1.27 bits per heavy atom. The van der Waals surface area contributed by atoms with Crippen molar-refractivity contribution < 1.29 is 28.8 Å².